The SMILES string of the molecule is COc1ccc(C(=O)N2CCN(c3cc(Cl)nc(SCC(=O)N4CC(C)OC(C)C4)n3)CC2C)cc1. The molecule has 0 N–H and O–H groups in total. The van der Waals surface area contributed by atoms with Gasteiger partial charge in [0.15, 0.2) is 5.16 Å². The minimum absolute atomic E-state index is 0.00738. The van der Waals surface area contributed by atoms with E-state index in [1.165, 1.54) is 11.8 Å². The number of carbonyl (C=O) groups excluding carboxylic acids is 2. The van der Waals surface area contributed by atoms with E-state index in [1.807, 2.05) is 30.6 Å². The van der Waals surface area contributed by atoms with E-state index >= 15 is 0 Å². The molecule has 3 unspecified atom stereocenters. The fraction of sp³-hybridized carbons (Fsp3) is 0.520. The topological polar surface area (TPSA) is 88.1 Å². The van der Waals surface area contributed by atoms with E-state index in [0.29, 0.717) is 54.4 Å². The van der Waals surface area contributed by atoms with Crippen LogP contribution < -0.4 is 9.64 Å². The van der Waals surface area contributed by atoms with Crippen molar-refractivity contribution in [3.8, 4) is 5.75 Å². The van der Waals surface area contributed by atoms with Crippen molar-refractivity contribution in [3.05, 3.63) is 41.0 Å². The predicted molar refractivity (Wildman–Crippen MR) is 140 cm³/mol. The van der Waals surface area contributed by atoms with Crippen LogP contribution in [-0.4, -0.2) is 95.4 Å². The number of piperazine rings is 1. The third kappa shape index (κ3) is 6.41. The minimum Gasteiger partial charge on any atom is -0.497 e. The third-order valence-corrected chi connectivity index (χ3v) is 7.33. The lowest BCUT2D eigenvalue weighted by Gasteiger charge is -2.40. The van der Waals surface area contributed by atoms with E-state index < -0.39 is 0 Å². The van der Waals surface area contributed by atoms with E-state index in [4.69, 9.17) is 21.1 Å². The summed E-state index contributed by atoms with van der Waals surface area (Å²) in [5.41, 5.74) is 0.633. The molecule has 36 heavy (non-hydrogen) atoms. The molecule has 11 heteroatoms. The maximum atomic E-state index is 13.1. The Morgan fingerprint density at radius 2 is 1.78 bits per heavy atom. The Bertz CT molecular complexity index is 1080. The molecule has 0 aliphatic carbocycles. The highest BCUT2D eigenvalue weighted by atomic mass is 35.5. The molecule has 4 rings (SSSR count). The second kappa shape index (κ2) is 11.7. The number of ether oxygens (including phenoxy) is 2. The first-order chi connectivity index (χ1) is 17.2. The summed E-state index contributed by atoms with van der Waals surface area (Å²) in [7, 11) is 1.60. The molecule has 2 amide bonds. The summed E-state index contributed by atoms with van der Waals surface area (Å²) in [5.74, 6) is 1.68. The fourth-order valence-electron chi connectivity index (χ4n) is 4.58. The quantitative estimate of drug-likeness (QED) is 0.318. The Labute approximate surface area is 221 Å². The van der Waals surface area contributed by atoms with Crippen LogP contribution in [0.2, 0.25) is 5.15 Å². The summed E-state index contributed by atoms with van der Waals surface area (Å²) in [6.07, 6.45) is 0.0444. The summed E-state index contributed by atoms with van der Waals surface area (Å²) in [6, 6.07) is 8.86. The van der Waals surface area contributed by atoms with Gasteiger partial charge in [-0.25, -0.2) is 9.97 Å². The van der Waals surface area contributed by atoms with Gasteiger partial charge in [-0.1, -0.05) is 23.4 Å². The molecular formula is C25H32ClN5O4S. The lowest BCUT2D eigenvalue weighted by molar-refractivity contribution is -0.140. The predicted octanol–water partition coefficient (Wildman–Crippen LogP) is 3.22. The van der Waals surface area contributed by atoms with Crippen LogP contribution in [0.5, 0.6) is 5.75 Å². The van der Waals surface area contributed by atoms with Gasteiger partial charge in [0.05, 0.1) is 25.1 Å². The number of hydrogen-bond acceptors (Lipinski definition) is 8. The van der Waals surface area contributed by atoms with Gasteiger partial charge in [0.1, 0.15) is 16.7 Å². The van der Waals surface area contributed by atoms with Gasteiger partial charge in [-0.2, -0.15) is 0 Å². The van der Waals surface area contributed by atoms with E-state index in [1.54, 1.807) is 37.4 Å². The summed E-state index contributed by atoms with van der Waals surface area (Å²) in [5, 5.41) is 0.789. The van der Waals surface area contributed by atoms with Crippen LogP contribution >= 0.6 is 23.4 Å². The largest absolute Gasteiger partial charge is 0.497 e. The highest BCUT2D eigenvalue weighted by molar-refractivity contribution is 7.99. The molecule has 0 radical (unpaired) electrons. The van der Waals surface area contributed by atoms with Crippen LogP contribution in [-0.2, 0) is 9.53 Å². The van der Waals surface area contributed by atoms with Gasteiger partial charge in [0.2, 0.25) is 5.91 Å². The van der Waals surface area contributed by atoms with Crippen molar-refractivity contribution in [2.45, 2.75) is 44.2 Å². The van der Waals surface area contributed by atoms with Gasteiger partial charge in [-0.15, -0.1) is 0 Å². The van der Waals surface area contributed by atoms with E-state index in [9.17, 15) is 9.59 Å². The molecule has 1 aromatic carbocycles. The second-order valence-corrected chi connectivity index (χ2v) is 10.5. The average Bonchev–Trinajstić information content (AvgIpc) is 2.86. The van der Waals surface area contributed by atoms with Crippen LogP contribution in [0.15, 0.2) is 35.5 Å². The van der Waals surface area contributed by atoms with Crippen LogP contribution in [0, 0.1) is 0 Å². The van der Waals surface area contributed by atoms with E-state index in [0.717, 1.165) is 5.75 Å². The number of benzene rings is 1. The number of rotatable bonds is 6. The van der Waals surface area contributed by atoms with Crippen LogP contribution in [0.3, 0.4) is 0 Å². The smallest absolute Gasteiger partial charge is 0.254 e. The Kier molecular flexibility index (Phi) is 8.58. The Hall–Kier alpha value is -2.56. The first kappa shape index (κ1) is 26.5. The zero-order valence-corrected chi connectivity index (χ0v) is 22.6. The molecule has 3 heterocycles. The van der Waals surface area contributed by atoms with Crippen molar-refractivity contribution in [1.82, 2.24) is 19.8 Å². The van der Waals surface area contributed by atoms with Crippen molar-refractivity contribution in [2.75, 3.05) is 50.5 Å². The number of nitrogens with zero attached hydrogens (tertiary/aromatic N) is 5. The summed E-state index contributed by atoms with van der Waals surface area (Å²) < 4.78 is 10.9. The Morgan fingerprint density at radius 3 is 2.42 bits per heavy atom. The van der Waals surface area contributed by atoms with Crippen molar-refractivity contribution in [2.24, 2.45) is 0 Å². The number of aromatic nitrogens is 2. The van der Waals surface area contributed by atoms with Gasteiger partial charge in [0.25, 0.3) is 5.91 Å². The number of amides is 2. The zero-order chi connectivity index (χ0) is 25.8. The number of carbonyl (C=O) groups is 2. The highest BCUT2D eigenvalue weighted by Crippen LogP contribution is 2.25. The molecule has 2 aliphatic heterocycles. The summed E-state index contributed by atoms with van der Waals surface area (Å²) in [4.78, 5) is 40.6. The molecule has 2 aliphatic rings. The number of anilines is 1. The summed E-state index contributed by atoms with van der Waals surface area (Å²) in [6.45, 7) is 8.93. The maximum absolute atomic E-state index is 13.1. The van der Waals surface area contributed by atoms with Gasteiger partial charge < -0.3 is 24.2 Å². The lowest BCUT2D eigenvalue weighted by atomic mass is 10.1. The van der Waals surface area contributed by atoms with Crippen LogP contribution in [0.1, 0.15) is 31.1 Å². The van der Waals surface area contributed by atoms with Crippen molar-refractivity contribution in [1.29, 1.82) is 0 Å². The molecule has 0 saturated carbocycles. The molecule has 2 aromatic rings. The van der Waals surface area contributed by atoms with Gasteiger partial charge in [-0.05, 0) is 45.0 Å². The molecule has 2 saturated heterocycles. The zero-order valence-electron chi connectivity index (χ0n) is 21.0. The molecule has 9 nitrogen and oxygen atoms in total. The second-order valence-electron chi connectivity index (χ2n) is 9.20. The molecule has 2 fully saturated rings. The molecule has 0 spiro atoms. The first-order valence-electron chi connectivity index (χ1n) is 12.0. The van der Waals surface area contributed by atoms with Gasteiger partial charge >= 0.3 is 0 Å². The monoisotopic (exact) mass is 533 g/mol. The molecule has 1 aromatic heterocycles. The molecule has 194 valence electrons. The number of thioether (sulfide) groups is 1. The van der Waals surface area contributed by atoms with E-state index in [2.05, 4.69) is 14.9 Å². The highest BCUT2D eigenvalue weighted by Gasteiger charge is 2.30. The maximum Gasteiger partial charge on any atom is 0.254 e. The molecule has 3 atom stereocenters. The first-order valence-corrected chi connectivity index (χ1v) is 13.4. The van der Waals surface area contributed by atoms with Crippen molar-refractivity contribution in [3.63, 3.8) is 0 Å². The Balaban J connectivity index is 1.37. The number of hydrogen-bond donors (Lipinski definition) is 0. The van der Waals surface area contributed by atoms with Crippen molar-refractivity contribution < 1.29 is 19.1 Å². The van der Waals surface area contributed by atoms with E-state index in [-0.39, 0.29) is 35.8 Å². The standard InChI is InChI=1S/C25H32ClN5O4S/c1-16-12-29(9-10-31(16)24(33)19-5-7-20(34-4)8-6-19)22-11-21(26)27-25(28-22)36-15-23(32)30-13-17(2)35-18(3)14-30/h5-8,11,16-18H,9-10,12-15H2,1-4H3. The lowest BCUT2D eigenvalue weighted by Crippen LogP contribution is -2.54. The average molecular weight is 534 g/mol. The number of methoxy groups -OCH3 is 1. The Morgan fingerprint density at radius 1 is 1.08 bits per heavy atom. The van der Waals surface area contributed by atoms with Gasteiger partial charge in [-0.3, -0.25) is 9.59 Å². The minimum atomic E-state index is -0.0231. The normalized spacial score (nSPS) is 22.5. The molecule has 0 bridgehead atoms. The van der Waals surface area contributed by atoms with Crippen LogP contribution in [0.25, 0.3) is 0 Å². The number of halogens is 1. The summed E-state index contributed by atoms with van der Waals surface area (Å²) >= 11 is 7.60. The van der Waals surface area contributed by atoms with Crippen molar-refractivity contribution >= 4 is 41.0 Å². The fourth-order valence-corrected chi connectivity index (χ4v) is 5.56. The van der Waals surface area contributed by atoms with Gasteiger partial charge in [0, 0.05) is 50.4 Å². The molecular weight excluding hydrogens is 502 g/mol. The number of morpholine rings is 1. The van der Waals surface area contributed by atoms with Crippen LogP contribution in [0.4, 0.5) is 5.82 Å². The third-order valence-electron chi connectivity index (χ3n) is 6.31.